The van der Waals surface area contributed by atoms with Crippen LogP contribution in [0.5, 0.6) is 23.0 Å². The van der Waals surface area contributed by atoms with Gasteiger partial charge in [0.25, 0.3) is 0 Å². The number of ether oxygens (including phenoxy) is 3. The number of rotatable bonds is 5. The van der Waals surface area contributed by atoms with E-state index >= 15 is 0 Å². The van der Waals surface area contributed by atoms with Gasteiger partial charge in [0.05, 0.1) is 14.2 Å². The van der Waals surface area contributed by atoms with Gasteiger partial charge in [-0.2, -0.15) is 0 Å². The standard InChI is InChI=1S/C15H15ClO3/c1-17-13-7-14(18-2)9-15(8-13)19-12-5-3-11(10-16)4-6-12/h3-9H,10H2,1-2H3. The largest absolute Gasteiger partial charge is 0.496 e. The summed E-state index contributed by atoms with van der Waals surface area (Å²) in [6.45, 7) is 0. The second-order valence-electron chi connectivity index (χ2n) is 3.93. The third kappa shape index (κ3) is 3.55. The molecule has 3 nitrogen and oxygen atoms in total. The second kappa shape index (κ2) is 6.34. The molecule has 100 valence electrons. The lowest BCUT2D eigenvalue weighted by molar-refractivity contribution is 0.386. The molecule has 0 aliphatic heterocycles. The van der Waals surface area contributed by atoms with Crippen molar-refractivity contribution in [3.8, 4) is 23.0 Å². The molecule has 0 heterocycles. The summed E-state index contributed by atoms with van der Waals surface area (Å²) in [5, 5.41) is 0. The highest BCUT2D eigenvalue weighted by Crippen LogP contribution is 2.30. The molecular formula is C15H15ClO3. The van der Waals surface area contributed by atoms with Crippen LogP contribution in [0.15, 0.2) is 42.5 Å². The van der Waals surface area contributed by atoms with Crippen molar-refractivity contribution in [3.05, 3.63) is 48.0 Å². The van der Waals surface area contributed by atoms with Gasteiger partial charge in [-0.25, -0.2) is 0 Å². The third-order valence-corrected chi connectivity index (χ3v) is 2.95. The first-order chi connectivity index (χ1) is 9.25. The van der Waals surface area contributed by atoms with E-state index in [1.165, 1.54) is 0 Å². The van der Waals surface area contributed by atoms with Gasteiger partial charge in [0, 0.05) is 24.1 Å². The number of hydrogen-bond acceptors (Lipinski definition) is 3. The van der Waals surface area contributed by atoms with Crippen LogP contribution in [0.1, 0.15) is 5.56 Å². The molecule has 0 unspecified atom stereocenters. The molecule has 0 bridgehead atoms. The summed E-state index contributed by atoms with van der Waals surface area (Å²) in [4.78, 5) is 0. The molecule has 0 saturated heterocycles. The first-order valence-corrected chi connectivity index (χ1v) is 6.34. The molecule has 0 aromatic heterocycles. The fraction of sp³-hybridized carbons (Fsp3) is 0.200. The Morgan fingerprint density at radius 2 is 1.32 bits per heavy atom. The van der Waals surface area contributed by atoms with E-state index in [-0.39, 0.29) is 0 Å². The van der Waals surface area contributed by atoms with Crippen molar-refractivity contribution in [1.82, 2.24) is 0 Å². The van der Waals surface area contributed by atoms with Gasteiger partial charge in [0.2, 0.25) is 0 Å². The van der Waals surface area contributed by atoms with E-state index in [1.807, 2.05) is 24.3 Å². The maximum absolute atomic E-state index is 5.76. The Morgan fingerprint density at radius 1 is 0.789 bits per heavy atom. The minimum atomic E-state index is 0.493. The summed E-state index contributed by atoms with van der Waals surface area (Å²) in [6, 6.07) is 13.0. The Balaban J connectivity index is 2.21. The molecule has 0 aliphatic carbocycles. The maximum Gasteiger partial charge on any atom is 0.134 e. The SMILES string of the molecule is COc1cc(OC)cc(Oc2ccc(CCl)cc2)c1. The predicted octanol–water partition coefficient (Wildman–Crippen LogP) is 4.23. The molecule has 2 aromatic carbocycles. The van der Waals surface area contributed by atoms with Crippen molar-refractivity contribution >= 4 is 11.6 Å². The summed E-state index contributed by atoms with van der Waals surface area (Å²) < 4.78 is 16.1. The zero-order valence-electron chi connectivity index (χ0n) is 10.9. The molecular weight excluding hydrogens is 264 g/mol. The van der Waals surface area contributed by atoms with E-state index in [1.54, 1.807) is 32.4 Å². The van der Waals surface area contributed by atoms with Crippen molar-refractivity contribution in [2.75, 3.05) is 14.2 Å². The minimum Gasteiger partial charge on any atom is -0.496 e. The zero-order chi connectivity index (χ0) is 13.7. The van der Waals surface area contributed by atoms with Gasteiger partial charge in [-0.15, -0.1) is 11.6 Å². The van der Waals surface area contributed by atoms with Gasteiger partial charge in [-0.3, -0.25) is 0 Å². The number of halogens is 1. The van der Waals surface area contributed by atoms with Crippen LogP contribution in [0.3, 0.4) is 0 Å². The Labute approximate surface area is 117 Å². The Kier molecular flexibility index (Phi) is 4.53. The Bertz CT molecular complexity index is 515. The Hall–Kier alpha value is -1.87. The first kappa shape index (κ1) is 13.6. The minimum absolute atomic E-state index is 0.493. The monoisotopic (exact) mass is 278 g/mol. The fourth-order valence-electron chi connectivity index (χ4n) is 1.62. The van der Waals surface area contributed by atoms with E-state index in [9.17, 15) is 0 Å². The maximum atomic E-state index is 5.76. The summed E-state index contributed by atoms with van der Waals surface area (Å²) in [5.41, 5.74) is 1.05. The summed E-state index contributed by atoms with van der Waals surface area (Å²) in [5.74, 6) is 3.27. The van der Waals surface area contributed by atoms with Gasteiger partial charge in [0.15, 0.2) is 0 Å². The number of methoxy groups -OCH3 is 2. The molecule has 0 radical (unpaired) electrons. The van der Waals surface area contributed by atoms with Crippen molar-refractivity contribution in [1.29, 1.82) is 0 Å². The van der Waals surface area contributed by atoms with Gasteiger partial charge < -0.3 is 14.2 Å². The number of hydrogen-bond donors (Lipinski definition) is 0. The highest BCUT2D eigenvalue weighted by Gasteiger charge is 2.04. The van der Waals surface area contributed by atoms with Gasteiger partial charge in [-0.1, -0.05) is 12.1 Å². The molecule has 0 N–H and O–H groups in total. The number of benzene rings is 2. The van der Waals surface area contributed by atoms with Crippen LogP contribution >= 0.6 is 11.6 Å². The topological polar surface area (TPSA) is 27.7 Å². The van der Waals surface area contributed by atoms with Crippen molar-refractivity contribution in [2.45, 2.75) is 5.88 Å². The number of alkyl halides is 1. The molecule has 0 saturated carbocycles. The summed E-state index contributed by atoms with van der Waals surface area (Å²) in [6.07, 6.45) is 0. The van der Waals surface area contributed by atoms with E-state index in [0.29, 0.717) is 23.1 Å². The van der Waals surface area contributed by atoms with Crippen LogP contribution in [0.25, 0.3) is 0 Å². The quantitative estimate of drug-likeness (QED) is 0.766. The lowest BCUT2D eigenvalue weighted by atomic mass is 10.2. The lowest BCUT2D eigenvalue weighted by Gasteiger charge is -2.10. The molecule has 0 fully saturated rings. The molecule has 2 aromatic rings. The molecule has 0 aliphatic rings. The highest BCUT2D eigenvalue weighted by atomic mass is 35.5. The lowest BCUT2D eigenvalue weighted by Crippen LogP contribution is -1.90. The first-order valence-electron chi connectivity index (χ1n) is 5.81. The summed E-state index contributed by atoms with van der Waals surface area (Å²) >= 11 is 5.74. The normalized spacial score (nSPS) is 10.1. The van der Waals surface area contributed by atoms with Crippen molar-refractivity contribution in [3.63, 3.8) is 0 Å². The molecule has 2 rings (SSSR count). The second-order valence-corrected chi connectivity index (χ2v) is 4.20. The van der Waals surface area contributed by atoms with Crippen LogP contribution in [-0.4, -0.2) is 14.2 Å². The van der Waals surface area contributed by atoms with Gasteiger partial charge in [0.1, 0.15) is 23.0 Å². The molecule has 0 amide bonds. The van der Waals surface area contributed by atoms with Gasteiger partial charge in [-0.05, 0) is 17.7 Å². The predicted molar refractivity (Wildman–Crippen MR) is 75.6 cm³/mol. The molecule has 4 heteroatoms. The van der Waals surface area contributed by atoms with Crippen molar-refractivity contribution in [2.24, 2.45) is 0 Å². The smallest absolute Gasteiger partial charge is 0.134 e. The van der Waals surface area contributed by atoms with Crippen molar-refractivity contribution < 1.29 is 14.2 Å². The van der Waals surface area contributed by atoms with Crippen LogP contribution in [0, 0.1) is 0 Å². The van der Waals surface area contributed by atoms with E-state index in [2.05, 4.69) is 0 Å². The van der Waals surface area contributed by atoms with Gasteiger partial charge >= 0.3 is 0 Å². The van der Waals surface area contributed by atoms with E-state index in [4.69, 9.17) is 25.8 Å². The molecule has 0 atom stereocenters. The fourth-order valence-corrected chi connectivity index (χ4v) is 1.80. The van der Waals surface area contributed by atoms with Crippen LogP contribution in [-0.2, 0) is 5.88 Å². The van der Waals surface area contributed by atoms with Crippen LogP contribution in [0.2, 0.25) is 0 Å². The van der Waals surface area contributed by atoms with E-state index in [0.717, 1.165) is 11.3 Å². The third-order valence-electron chi connectivity index (χ3n) is 2.64. The molecule has 0 spiro atoms. The van der Waals surface area contributed by atoms with Crippen LogP contribution in [0.4, 0.5) is 0 Å². The molecule has 19 heavy (non-hydrogen) atoms. The average molecular weight is 279 g/mol. The van der Waals surface area contributed by atoms with Crippen LogP contribution < -0.4 is 14.2 Å². The highest BCUT2D eigenvalue weighted by molar-refractivity contribution is 6.17. The average Bonchev–Trinajstić information content (AvgIpc) is 2.47. The zero-order valence-corrected chi connectivity index (χ0v) is 11.6. The summed E-state index contributed by atoms with van der Waals surface area (Å²) in [7, 11) is 3.21. The Morgan fingerprint density at radius 3 is 1.79 bits per heavy atom. The van der Waals surface area contributed by atoms with E-state index < -0.39 is 0 Å².